The SMILES string of the molecule is CCCCCc1ccc(C2=NCCS2)cc1. The Kier molecular flexibility index (Phi) is 4.46. The number of nitrogens with zero attached hydrogens (tertiary/aromatic N) is 1. The molecule has 0 atom stereocenters. The van der Waals surface area contributed by atoms with E-state index in [0.717, 1.165) is 12.3 Å². The van der Waals surface area contributed by atoms with Crippen LogP contribution in [0.3, 0.4) is 0 Å². The van der Waals surface area contributed by atoms with Gasteiger partial charge in [0, 0.05) is 17.9 Å². The van der Waals surface area contributed by atoms with Crippen LogP contribution in [0.1, 0.15) is 37.3 Å². The van der Waals surface area contributed by atoms with Crippen molar-refractivity contribution in [1.82, 2.24) is 0 Å². The molecular weight excluding hydrogens is 214 g/mol. The molecule has 16 heavy (non-hydrogen) atoms. The first-order valence-corrected chi connectivity index (χ1v) is 7.15. The number of thioether (sulfide) groups is 1. The number of rotatable bonds is 5. The van der Waals surface area contributed by atoms with Gasteiger partial charge in [0.05, 0.1) is 5.04 Å². The number of aliphatic imine (C=N–C) groups is 1. The Morgan fingerprint density at radius 2 is 2.00 bits per heavy atom. The van der Waals surface area contributed by atoms with E-state index in [9.17, 15) is 0 Å². The molecule has 1 aromatic rings. The maximum Gasteiger partial charge on any atom is 0.0977 e. The Bertz CT molecular complexity index is 354. The molecule has 0 radical (unpaired) electrons. The predicted molar refractivity (Wildman–Crippen MR) is 73.5 cm³/mol. The Balaban J connectivity index is 1.93. The summed E-state index contributed by atoms with van der Waals surface area (Å²) in [5, 5.41) is 1.22. The van der Waals surface area contributed by atoms with E-state index in [1.54, 1.807) is 0 Å². The van der Waals surface area contributed by atoms with Gasteiger partial charge in [0.1, 0.15) is 0 Å². The third kappa shape index (κ3) is 3.11. The van der Waals surface area contributed by atoms with E-state index >= 15 is 0 Å². The summed E-state index contributed by atoms with van der Waals surface area (Å²) in [4.78, 5) is 4.49. The summed E-state index contributed by atoms with van der Waals surface area (Å²) in [5.41, 5.74) is 2.75. The van der Waals surface area contributed by atoms with Gasteiger partial charge in [0.15, 0.2) is 0 Å². The zero-order valence-corrected chi connectivity index (χ0v) is 10.7. The predicted octanol–water partition coefficient (Wildman–Crippen LogP) is 3.91. The van der Waals surface area contributed by atoms with Gasteiger partial charge in [-0.3, -0.25) is 4.99 Å². The second-order valence-electron chi connectivity index (χ2n) is 4.19. The number of hydrogen-bond acceptors (Lipinski definition) is 2. The lowest BCUT2D eigenvalue weighted by molar-refractivity contribution is 0.717. The van der Waals surface area contributed by atoms with Crippen LogP contribution in [0, 0.1) is 0 Å². The number of unbranched alkanes of at least 4 members (excludes halogenated alkanes) is 2. The van der Waals surface area contributed by atoms with Gasteiger partial charge in [-0.25, -0.2) is 0 Å². The zero-order valence-electron chi connectivity index (χ0n) is 9.91. The fraction of sp³-hybridized carbons (Fsp3) is 0.500. The molecule has 0 saturated carbocycles. The Hall–Kier alpha value is -0.760. The highest BCUT2D eigenvalue weighted by molar-refractivity contribution is 8.14. The number of aryl methyl sites for hydroxylation is 1. The molecule has 0 spiro atoms. The van der Waals surface area contributed by atoms with E-state index in [1.807, 2.05) is 11.8 Å². The lowest BCUT2D eigenvalue weighted by Gasteiger charge is -2.03. The molecular formula is C14H19NS. The van der Waals surface area contributed by atoms with Crippen molar-refractivity contribution in [3.8, 4) is 0 Å². The first-order chi connectivity index (χ1) is 7.90. The molecule has 1 aliphatic heterocycles. The van der Waals surface area contributed by atoms with Crippen LogP contribution >= 0.6 is 11.8 Å². The molecule has 1 heterocycles. The van der Waals surface area contributed by atoms with Gasteiger partial charge in [-0.05, 0) is 18.4 Å². The minimum absolute atomic E-state index is 0.984. The van der Waals surface area contributed by atoms with Crippen molar-refractivity contribution in [2.24, 2.45) is 4.99 Å². The third-order valence-electron chi connectivity index (χ3n) is 2.86. The minimum Gasteiger partial charge on any atom is -0.277 e. The second-order valence-corrected chi connectivity index (χ2v) is 5.27. The highest BCUT2D eigenvalue weighted by Crippen LogP contribution is 2.19. The molecule has 0 aliphatic carbocycles. The molecule has 0 bridgehead atoms. The van der Waals surface area contributed by atoms with Crippen molar-refractivity contribution < 1.29 is 0 Å². The highest BCUT2D eigenvalue weighted by Gasteiger charge is 2.08. The summed E-state index contributed by atoms with van der Waals surface area (Å²) in [6.07, 6.45) is 5.16. The monoisotopic (exact) mass is 233 g/mol. The Labute approximate surface area is 102 Å². The van der Waals surface area contributed by atoms with Crippen molar-refractivity contribution in [2.75, 3.05) is 12.3 Å². The van der Waals surface area contributed by atoms with E-state index in [0.29, 0.717) is 0 Å². The quantitative estimate of drug-likeness (QED) is 0.702. The van der Waals surface area contributed by atoms with Crippen molar-refractivity contribution in [3.05, 3.63) is 35.4 Å². The van der Waals surface area contributed by atoms with Gasteiger partial charge in [-0.1, -0.05) is 44.0 Å². The first-order valence-electron chi connectivity index (χ1n) is 6.16. The van der Waals surface area contributed by atoms with Gasteiger partial charge in [-0.15, -0.1) is 11.8 Å². The summed E-state index contributed by atoms with van der Waals surface area (Å²) in [6.45, 7) is 3.23. The number of benzene rings is 1. The van der Waals surface area contributed by atoms with Gasteiger partial charge in [-0.2, -0.15) is 0 Å². The molecule has 0 amide bonds. The van der Waals surface area contributed by atoms with Gasteiger partial charge in [0.25, 0.3) is 0 Å². The molecule has 0 fully saturated rings. The van der Waals surface area contributed by atoms with Crippen molar-refractivity contribution in [1.29, 1.82) is 0 Å². The molecule has 2 heteroatoms. The van der Waals surface area contributed by atoms with Crippen LogP contribution in [0.15, 0.2) is 29.3 Å². The molecule has 1 aromatic carbocycles. The summed E-state index contributed by atoms with van der Waals surface area (Å²) >= 11 is 1.87. The maximum absolute atomic E-state index is 4.49. The van der Waals surface area contributed by atoms with E-state index in [1.165, 1.54) is 41.9 Å². The normalized spacial score (nSPS) is 15.2. The third-order valence-corrected chi connectivity index (χ3v) is 3.88. The van der Waals surface area contributed by atoms with Crippen LogP contribution in [0.2, 0.25) is 0 Å². The van der Waals surface area contributed by atoms with Gasteiger partial charge in [0.2, 0.25) is 0 Å². The smallest absolute Gasteiger partial charge is 0.0977 e. The molecule has 2 rings (SSSR count). The fourth-order valence-electron chi connectivity index (χ4n) is 1.90. The Morgan fingerprint density at radius 3 is 2.62 bits per heavy atom. The van der Waals surface area contributed by atoms with Crippen LogP contribution in [0.25, 0.3) is 0 Å². The summed E-state index contributed by atoms with van der Waals surface area (Å²) in [7, 11) is 0. The summed E-state index contributed by atoms with van der Waals surface area (Å²) in [6, 6.07) is 8.95. The molecule has 0 aromatic heterocycles. The molecule has 1 nitrogen and oxygen atoms in total. The molecule has 1 aliphatic rings. The van der Waals surface area contributed by atoms with Crippen LogP contribution in [0.4, 0.5) is 0 Å². The molecule has 0 unspecified atom stereocenters. The lowest BCUT2D eigenvalue weighted by Crippen LogP contribution is -1.92. The minimum atomic E-state index is 0.984. The summed E-state index contributed by atoms with van der Waals surface area (Å²) in [5.74, 6) is 1.15. The lowest BCUT2D eigenvalue weighted by atomic mass is 10.1. The average molecular weight is 233 g/mol. The van der Waals surface area contributed by atoms with Crippen molar-refractivity contribution in [2.45, 2.75) is 32.6 Å². The number of hydrogen-bond donors (Lipinski definition) is 0. The maximum atomic E-state index is 4.49. The van der Waals surface area contributed by atoms with Crippen LogP contribution in [-0.4, -0.2) is 17.3 Å². The summed E-state index contributed by atoms with van der Waals surface area (Å²) < 4.78 is 0. The zero-order chi connectivity index (χ0) is 11.2. The van der Waals surface area contributed by atoms with E-state index < -0.39 is 0 Å². The van der Waals surface area contributed by atoms with Crippen molar-refractivity contribution >= 4 is 16.8 Å². The largest absolute Gasteiger partial charge is 0.277 e. The molecule has 86 valence electrons. The fourth-order valence-corrected chi connectivity index (χ4v) is 2.76. The Morgan fingerprint density at radius 1 is 1.19 bits per heavy atom. The standard InChI is InChI=1S/C14H19NS/c1-2-3-4-5-12-6-8-13(9-7-12)14-15-10-11-16-14/h6-9H,2-5,10-11H2,1H3. The van der Waals surface area contributed by atoms with Crippen LogP contribution in [-0.2, 0) is 6.42 Å². The van der Waals surface area contributed by atoms with Gasteiger partial charge >= 0.3 is 0 Å². The molecule has 0 N–H and O–H groups in total. The average Bonchev–Trinajstić information content (AvgIpc) is 2.84. The van der Waals surface area contributed by atoms with Crippen molar-refractivity contribution in [3.63, 3.8) is 0 Å². The van der Waals surface area contributed by atoms with Crippen LogP contribution in [0.5, 0.6) is 0 Å². The van der Waals surface area contributed by atoms with E-state index in [2.05, 4.69) is 36.2 Å². The van der Waals surface area contributed by atoms with Crippen LogP contribution < -0.4 is 0 Å². The second kappa shape index (κ2) is 6.09. The van der Waals surface area contributed by atoms with E-state index in [4.69, 9.17) is 0 Å². The van der Waals surface area contributed by atoms with E-state index in [-0.39, 0.29) is 0 Å². The highest BCUT2D eigenvalue weighted by atomic mass is 32.2. The van der Waals surface area contributed by atoms with Gasteiger partial charge < -0.3 is 0 Å². The first kappa shape index (κ1) is 11.7. The topological polar surface area (TPSA) is 12.4 Å². The molecule has 0 saturated heterocycles.